The number of hydrogen-bond donors (Lipinski definition) is 0. The van der Waals surface area contributed by atoms with Gasteiger partial charge in [-0.15, -0.1) is 6.58 Å². The van der Waals surface area contributed by atoms with Gasteiger partial charge in [0.1, 0.15) is 0 Å². The van der Waals surface area contributed by atoms with E-state index in [9.17, 15) is 14.4 Å². The summed E-state index contributed by atoms with van der Waals surface area (Å²) in [4.78, 5) is 39.8. The van der Waals surface area contributed by atoms with E-state index in [1.54, 1.807) is 30.3 Å². The zero-order valence-corrected chi connectivity index (χ0v) is 13.7. The minimum atomic E-state index is -0.205. The highest BCUT2D eigenvalue weighted by atomic mass is 16.2. The lowest BCUT2D eigenvalue weighted by Crippen LogP contribution is -2.39. The van der Waals surface area contributed by atoms with E-state index < -0.39 is 0 Å². The van der Waals surface area contributed by atoms with E-state index in [4.69, 9.17) is 0 Å². The normalized spacial score (nSPS) is 18.2. The van der Waals surface area contributed by atoms with Crippen molar-refractivity contribution in [3.05, 3.63) is 42.5 Å². The first kappa shape index (κ1) is 16.4. The van der Waals surface area contributed by atoms with Crippen molar-refractivity contribution in [3.63, 3.8) is 0 Å². The maximum Gasteiger partial charge on any atom is 0.254 e. The number of amides is 3. The van der Waals surface area contributed by atoms with E-state index in [0.29, 0.717) is 17.8 Å². The topological polar surface area (TPSA) is 57.7 Å². The summed E-state index contributed by atoms with van der Waals surface area (Å²) in [5.41, 5.74) is 0.993. The maximum atomic E-state index is 12.9. The van der Waals surface area contributed by atoms with Crippen LogP contribution in [0.15, 0.2) is 36.9 Å². The predicted molar refractivity (Wildman–Crippen MR) is 91.7 cm³/mol. The zero-order chi connectivity index (χ0) is 17.1. The van der Waals surface area contributed by atoms with Crippen LogP contribution in [-0.2, 0) is 9.59 Å². The second-order valence-corrected chi connectivity index (χ2v) is 6.36. The Morgan fingerprint density at radius 2 is 1.88 bits per heavy atom. The van der Waals surface area contributed by atoms with Crippen molar-refractivity contribution in [2.45, 2.75) is 44.6 Å². The summed E-state index contributed by atoms with van der Waals surface area (Å²) in [5.74, 6) is -0.477. The molecule has 1 saturated heterocycles. The molecule has 1 aromatic carbocycles. The lowest BCUT2D eigenvalue weighted by Gasteiger charge is -2.28. The molecule has 0 radical (unpaired) electrons. The molecule has 1 aliphatic carbocycles. The molecule has 1 heterocycles. The lowest BCUT2D eigenvalue weighted by molar-refractivity contribution is -0.121. The molecular formula is C19H22N2O3. The van der Waals surface area contributed by atoms with E-state index in [2.05, 4.69) is 6.58 Å². The van der Waals surface area contributed by atoms with Gasteiger partial charge in [-0.2, -0.15) is 0 Å². The third-order valence-electron chi connectivity index (χ3n) is 4.75. The predicted octanol–water partition coefficient (Wildman–Crippen LogP) is 2.91. The number of imide groups is 1. The second kappa shape index (κ2) is 6.99. The third-order valence-corrected chi connectivity index (χ3v) is 4.75. The maximum absolute atomic E-state index is 12.9. The summed E-state index contributed by atoms with van der Waals surface area (Å²) in [6.07, 6.45) is 6.53. The molecule has 0 N–H and O–H groups in total. The SMILES string of the molecule is C=CCN(C(=O)c1cccc(N2C(=O)CCC2=O)c1)C1CCCC1. The first-order chi connectivity index (χ1) is 11.6. The highest BCUT2D eigenvalue weighted by Gasteiger charge is 2.31. The quantitative estimate of drug-likeness (QED) is 0.617. The number of hydrogen-bond acceptors (Lipinski definition) is 3. The third kappa shape index (κ3) is 3.11. The van der Waals surface area contributed by atoms with Crippen molar-refractivity contribution in [2.24, 2.45) is 0 Å². The molecule has 2 fully saturated rings. The summed E-state index contributed by atoms with van der Waals surface area (Å²) >= 11 is 0. The van der Waals surface area contributed by atoms with Crippen LogP contribution in [-0.4, -0.2) is 35.2 Å². The second-order valence-electron chi connectivity index (χ2n) is 6.36. The molecule has 126 valence electrons. The molecule has 3 amide bonds. The minimum Gasteiger partial charge on any atom is -0.332 e. The molecule has 0 spiro atoms. The van der Waals surface area contributed by atoms with Crippen LogP contribution in [0.3, 0.4) is 0 Å². The van der Waals surface area contributed by atoms with Crippen molar-refractivity contribution in [2.75, 3.05) is 11.4 Å². The molecule has 0 bridgehead atoms. The van der Waals surface area contributed by atoms with Crippen molar-refractivity contribution >= 4 is 23.4 Å². The molecule has 1 aliphatic heterocycles. The molecule has 24 heavy (non-hydrogen) atoms. The Hall–Kier alpha value is -2.43. The van der Waals surface area contributed by atoms with Crippen molar-refractivity contribution in [3.8, 4) is 0 Å². The van der Waals surface area contributed by atoms with Gasteiger partial charge < -0.3 is 4.90 Å². The average molecular weight is 326 g/mol. The zero-order valence-electron chi connectivity index (χ0n) is 13.7. The highest BCUT2D eigenvalue weighted by Crippen LogP contribution is 2.27. The molecule has 1 saturated carbocycles. The summed E-state index contributed by atoms with van der Waals surface area (Å²) in [7, 11) is 0. The van der Waals surface area contributed by atoms with Crippen LogP contribution < -0.4 is 4.90 Å². The van der Waals surface area contributed by atoms with Gasteiger partial charge in [-0.25, -0.2) is 0 Å². The van der Waals surface area contributed by atoms with Gasteiger partial charge >= 0.3 is 0 Å². The van der Waals surface area contributed by atoms with Crippen LogP contribution in [0.25, 0.3) is 0 Å². The van der Waals surface area contributed by atoms with Crippen molar-refractivity contribution < 1.29 is 14.4 Å². The average Bonchev–Trinajstić information content (AvgIpc) is 3.22. The van der Waals surface area contributed by atoms with Crippen LogP contribution in [0, 0.1) is 0 Å². The van der Waals surface area contributed by atoms with Crippen LogP contribution >= 0.6 is 0 Å². The minimum absolute atomic E-state index is 0.0669. The van der Waals surface area contributed by atoms with Gasteiger partial charge in [-0.3, -0.25) is 19.3 Å². The Balaban J connectivity index is 1.86. The number of carbonyl (C=O) groups is 3. The molecule has 3 rings (SSSR count). The number of anilines is 1. The number of nitrogens with zero attached hydrogens (tertiary/aromatic N) is 2. The summed E-state index contributed by atoms with van der Waals surface area (Å²) in [6, 6.07) is 7.05. The largest absolute Gasteiger partial charge is 0.332 e. The molecule has 5 heteroatoms. The fourth-order valence-electron chi connectivity index (χ4n) is 3.56. The first-order valence-corrected chi connectivity index (χ1v) is 8.49. The van der Waals surface area contributed by atoms with Crippen molar-refractivity contribution in [1.29, 1.82) is 0 Å². The van der Waals surface area contributed by atoms with Gasteiger partial charge in [0.2, 0.25) is 11.8 Å². The van der Waals surface area contributed by atoms with Crippen LogP contribution in [0.1, 0.15) is 48.9 Å². The van der Waals surface area contributed by atoms with Crippen molar-refractivity contribution in [1.82, 2.24) is 4.90 Å². The molecule has 0 unspecified atom stereocenters. The molecule has 0 atom stereocenters. The van der Waals surface area contributed by atoms with E-state index in [-0.39, 0.29) is 36.6 Å². The molecular weight excluding hydrogens is 304 g/mol. The van der Waals surface area contributed by atoms with Gasteiger partial charge in [0.05, 0.1) is 5.69 Å². The van der Waals surface area contributed by atoms with Crippen LogP contribution in [0.2, 0.25) is 0 Å². The fraction of sp³-hybridized carbons (Fsp3) is 0.421. The van der Waals surface area contributed by atoms with Gasteiger partial charge in [0.15, 0.2) is 0 Å². The number of carbonyl (C=O) groups excluding carboxylic acids is 3. The fourth-order valence-corrected chi connectivity index (χ4v) is 3.56. The monoisotopic (exact) mass is 326 g/mol. The lowest BCUT2D eigenvalue weighted by atomic mass is 10.1. The van der Waals surface area contributed by atoms with Gasteiger partial charge in [0, 0.05) is 31.0 Å². The molecule has 0 aromatic heterocycles. The Morgan fingerprint density at radius 3 is 2.50 bits per heavy atom. The summed E-state index contributed by atoms with van der Waals surface area (Å²) in [5, 5.41) is 0. The van der Waals surface area contributed by atoms with E-state index in [0.717, 1.165) is 25.7 Å². The highest BCUT2D eigenvalue weighted by molar-refractivity contribution is 6.20. The summed E-state index contributed by atoms with van der Waals surface area (Å²) < 4.78 is 0. The van der Waals surface area contributed by atoms with Gasteiger partial charge in [-0.05, 0) is 31.0 Å². The first-order valence-electron chi connectivity index (χ1n) is 8.49. The Bertz CT molecular complexity index is 661. The van der Waals surface area contributed by atoms with E-state index in [1.165, 1.54) is 4.90 Å². The van der Waals surface area contributed by atoms with Gasteiger partial charge in [0.25, 0.3) is 5.91 Å². The molecule has 2 aliphatic rings. The summed E-state index contributed by atoms with van der Waals surface area (Å²) in [6.45, 7) is 4.27. The van der Waals surface area contributed by atoms with Crippen LogP contribution in [0.4, 0.5) is 5.69 Å². The smallest absolute Gasteiger partial charge is 0.254 e. The van der Waals surface area contributed by atoms with E-state index >= 15 is 0 Å². The number of rotatable bonds is 5. The number of benzene rings is 1. The van der Waals surface area contributed by atoms with Crippen LogP contribution in [0.5, 0.6) is 0 Å². The molecule has 1 aromatic rings. The molecule has 5 nitrogen and oxygen atoms in total. The Labute approximate surface area is 141 Å². The Morgan fingerprint density at radius 1 is 1.21 bits per heavy atom. The van der Waals surface area contributed by atoms with E-state index in [1.807, 2.05) is 4.90 Å². The standard InChI is InChI=1S/C19H22N2O3/c1-2-12-20(15-7-3-4-8-15)19(24)14-6-5-9-16(13-14)21-17(22)10-11-18(21)23/h2,5-6,9,13,15H,1,3-4,7-8,10-12H2. The Kier molecular flexibility index (Phi) is 4.79. The van der Waals surface area contributed by atoms with Gasteiger partial charge in [-0.1, -0.05) is 25.0 Å².